The number of carbonyl (C=O) groups is 1. The number of nitrogens with zero attached hydrogens (tertiary/aromatic N) is 1. The van der Waals surface area contributed by atoms with E-state index < -0.39 is 0 Å². The van der Waals surface area contributed by atoms with E-state index in [0.717, 1.165) is 56.6 Å². The van der Waals surface area contributed by atoms with Crippen molar-refractivity contribution in [1.82, 2.24) is 4.90 Å². The lowest BCUT2D eigenvalue weighted by Gasteiger charge is -2.22. The summed E-state index contributed by atoms with van der Waals surface area (Å²) in [7, 11) is 0. The standard InChI is InChI=1S/C23H33NO3.C9H12.C5H12/c1-5-7-18-10-19(12-22-23(18)27-15-26-22)20-11-21(9-6-8-16(2)3)24(14-20)13-17(4)25;1-3-9-6-4-5-8(2)7-9;1-3-5-4-2/h8,10,12,20-21H,5-7,9,11,13-15H2,1-4H3;4-7H,3H2,1-2H3;3-5H2,1-2H3. The van der Waals surface area contributed by atoms with Crippen molar-refractivity contribution in [3.8, 4) is 11.5 Å². The SMILES string of the molecule is CCCCC.CCCc1cc(C2CC(CCC=C(C)C)N(CC(C)=O)C2)cc2c1OCO2.CCc1cccc(C)c1. The number of hydrogen-bond donors (Lipinski definition) is 0. The number of unbranched alkanes of at least 4 members (excludes halogenated alkanes) is 2. The summed E-state index contributed by atoms with van der Waals surface area (Å²) in [5, 5.41) is 0. The number of ketones is 1. The minimum atomic E-state index is 0.250. The molecule has 0 bridgehead atoms. The Hall–Kier alpha value is -2.59. The number of rotatable bonds is 11. The van der Waals surface area contributed by atoms with Gasteiger partial charge in [0.2, 0.25) is 6.79 Å². The van der Waals surface area contributed by atoms with Crippen LogP contribution in [0.1, 0.15) is 122 Å². The van der Waals surface area contributed by atoms with Crippen LogP contribution in [0.5, 0.6) is 11.5 Å². The molecule has 0 radical (unpaired) electrons. The first-order valence-electron chi connectivity index (χ1n) is 16.1. The summed E-state index contributed by atoms with van der Waals surface area (Å²) in [6.07, 6.45) is 12.9. The Kier molecular flexibility index (Phi) is 15.8. The predicted molar refractivity (Wildman–Crippen MR) is 174 cm³/mol. The van der Waals surface area contributed by atoms with Gasteiger partial charge in [0.1, 0.15) is 5.78 Å². The van der Waals surface area contributed by atoms with E-state index in [4.69, 9.17) is 9.47 Å². The predicted octanol–water partition coefficient (Wildman–Crippen LogP) is 9.62. The summed E-state index contributed by atoms with van der Waals surface area (Å²) in [5.74, 6) is 2.52. The molecule has 0 aliphatic carbocycles. The van der Waals surface area contributed by atoms with E-state index in [1.807, 2.05) is 0 Å². The van der Waals surface area contributed by atoms with E-state index in [-0.39, 0.29) is 5.78 Å². The van der Waals surface area contributed by atoms with Crippen molar-refractivity contribution in [2.45, 2.75) is 125 Å². The summed E-state index contributed by atoms with van der Waals surface area (Å²) in [4.78, 5) is 14.2. The molecule has 2 aliphatic heterocycles. The van der Waals surface area contributed by atoms with Crippen LogP contribution in [0.3, 0.4) is 0 Å². The normalized spacial score (nSPS) is 17.3. The van der Waals surface area contributed by atoms with E-state index in [2.05, 4.69) is 95.8 Å². The van der Waals surface area contributed by atoms with E-state index in [0.29, 0.717) is 25.3 Å². The second-order valence-electron chi connectivity index (χ2n) is 11.9. The van der Waals surface area contributed by atoms with Crippen molar-refractivity contribution in [3.63, 3.8) is 0 Å². The molecule has 4 heteroatoms. The number of hydrogen-bond acceptors (Lipinski definition) is 4. The van der Waals surface area contributed by atoms with Crippen LogP contribution in [0.4, 0.5) is 0 Å². The zero-order valence-electron chi connectivity index (χ0n) is 27.4. The molecule has 0 N–H and O–H groups in total. The number of fused-ring (bicyclic) bond motifs is 1. The number of ether oxygens (including phenoxy) is 2. The second-order valence-corrected chi connectivity index (χ2v) is 11.9. The van der Waals surface area contributed by atoms with Gasteiger partial charge in [-0.2, -0.15) is 0 Å². The molecule has 228 valence electrons. The van der Waals surface area contributed by atoms with Crippen LogP contribution in [0.25, 0.3) is 0 Å². The molecule has 0 saturated carbocycles. The molecule has 0 aromatic heterocycles. The first kappa shape index (κ1) is 34.6. The summed E-state index contributed by atoms with van der Waals surface area (Å²) in [5.41, 5.74) is 6.74. The first-order chi connectivity index (χ1) is 19.7. The van der Waals surface area contributed by atoms with Crippen LogP contribution in [0.2, 0.25) is 0 Å². The molecule has 2 heterocycles. The van der Waals surface area contributed by atoms with Gasteiger partial charge in [-0.3, -0.25) is 9.69 Å². The van der Waals surface area contributed by atoms with Gasteiger partial charge in [-0.15, -0.1) is 0 Å². The maximum atomic E-state index is 11.8. The third-order valence-corrected chi connectivity index (χ3v) is 7.77. The number of allylic oxidation sites excluding steroid dienone is 2. The van der Waals surface area contributed by atoms with Gasteiger partial charge in [-0.05, 0) is 88.5 Å². The van der Waals surface area contributed by atoms with Gasteiger partial charge in [0.15, 0.2) is 11.5 Å². The van der Waals surface area contributed by atoms with Gasteiger partial charge < -0.3 is 9.47 Å². The average molecular weight is 564 g/mol. The lowest BCUT2D eigenvalue weighted by Crippen LogP contribution is -2.33. The molecule has 4 rings (SSSR count). The van der Waals surface area contributed by atoms with Gasteiger partial charge >= 0.3 is 0 Å². The van der Waals surface area contributed by atoms with Crippen molar-refractivity contribution in [1.29, 1.82) is 0 Å². The monoisotopic (exact) mass is 563 g/mol. The molecule has 2 unspecified atom stereocenters. The molecule has 2 aromatic rings. The van der Waals surface area contributed by atoms with E-state index in [1.165, 1.54) is 47.1 Å². The molecular formula is C37H57NO3. The maximum Gasteiger partial charge on any atom is 0.231 e. The summed E-state index contributed by atoms with van der Waals surface area (Å²) in [6, 6.07) is 13.6. The molecule has 2 aliphatic rings. The molecular weight excluding hydrogens is 506 g/mol. The van der Waals surface area contributed by atoms with E-state index in [9.17, 15) is 4.79 Å². The molecule has 2 atom stereocenters. The quantitative estimate of drug-likeness (QED) is 0.255. The highest BCUT2D eigenvalue weighted by Crippen LogP contribution is 2.42. The fourth-order valence-electron chi connectivity index (χ4n) is 5.65. The summed E-state index contributed by atoms with van der Waals surface area (Å²) < 4.78 is 11.4. The van der Waals surface area contributed by atoms with Crippen LogP contribution in [0, 0.1) is 6.92 Å². The second kappa shape index (κ2) is 18.8. The van der Waals surface area contributed by atoms with Gasteiger partial charge in [-0.25, -0.2) is 0 Å². The maximum absolute atomic E-state index is 11.8. The van der Waals surface area contributed by atoms with Gasteiger partial charge in [-0.1, -0.05) is 101 Å². The molecule has 4 nitrogen and oxygen atoms in total. The zero-order valence-corrected chi connectivity index (χ0v) is 27.4. The van der Waals surface area contributed by atoms with Crippen LogP contribution in [0.15, 0.2) is 48.0 Å². The Morgan fingerprint density at radius 2 is 1.76 bits per heavy atom. The largest absolute Gasteiger partial charge is 0.454 e. The van der Waals surface area contributed by atoms with Crippen LogP contribution in [-0.4, -0.2) is 36.6 Å². The Balaban J connectivity index is 0.000000345. The molecule has 0 amide bonds. The summed E-state index contributed by atoms with van der Waals surface area (Å²) >= 11 is 0. The Labute approximate surface area is 251 Å². The Morgan fingerprint density at radius 1 is 1.00 bits per heavy atom. The average Bonchev–Trinajstić information content (AvgIpc) is 3.57. The number of aryl methyl sites for hydroxylation is 3. The highest BCUT2D eigenvalue weighted by atomic mass is 16.7. The third kappa shape index (κ3) is 12.0. The minimum Gasteiger partial charge on any atom is -0.454 e. The number of benzene rings is 2. The highest BCUT2D eigenvalue weighted by molar-refractivity contribution is 5.77. The molecule has 1 fully saturated rings. The zero-order chi connectivity index (χ0) is 30.2. The van der Waals surface area contributed by atoms with Crippen molar-refractivity contribution in [3.05, 3.63) is 70.3 Å². The Bertz CT molecular complexity index is 1080. The van der Waals surface area contributed by atoms with Gasteiger partial charge in [0.05, 0.1) is 6.54 Å². The number of Topliss-reactive ketones (excluding diaryl/α,β-unsaturated/α-hetero) is 1. The third-order valence-electron chi connectivity index (χ3n) is 7.77. The Morgan fingerprint density at radius 3 is 2.32 bits per heavy atom. The number of carbonyl (C=O) groups excluding carboxylic acids is 1. The van der Waals surface area contributed by atoms with Crippen LogP contribution >= 0.6 is 0 Å². The number of likely N-dealkylation sites (tertiary alicyclic amines) is 1. The molecule has 1 saturated heterocycles. The summed E-state index contributed by atoms with van der Waals surface area (Å²) in [6.45, 7) is 18.7. The highest BCUT2D eigenvalue weighted by Gasteiger charge is 2.34. The topological polar surface area (TPSA) is 38.8 Å². The molecule has 0 spiro atoms. The fraction of sp³-hybridized carbons (Fsp3) is 0.595. The smallest absolute Gasteiger partial charge is 0.231 e. The van der Waals surface area contributed by atoms with Crippen LogP contribution in [-0.2, 0) is 17.6 Å². The van der Waals surface area contributed by atoms with Crippen molar-refractivity contribution in [2.75, 3.05) is 19.9 Å². The lowest BCUT2D eigenvalue weighted by molar-refractivity contribution is -0.118. The lowest BCUT2D eigenvalue weighted by atomic mass is 9.92. The van der Waals surface area contributed by atoms with E-state index in [1.54, 1.807) is 6.92 Å². The molecule has 2 aromatic carbocycles. The molecule has 41 heavy (non-hydrogen) atoms. The minimum absolute atomic E-state index is 0.250. The van der Waals surface area contributed by atoms with Gasteiger partial charge in [0.25, 0.3) is 0 Å². The van der Waals surface area contributed by atoms with Crippen LogP contribution < -0.4 is 9.47 Å². The van der Waals surface area contributed by atoms with Crippen molar-refractivity contribution in [2.24, 2.45) is 0 Å². The van der Waals surface area contributed by atoms with Gasteiger partial charge in [0, 0.05) is 12.6 Å². The van der Waals surface area contributed by atoms with Crippen molar-refractivity contribution >= 4 is 5.78 Å². The van der Waals surface area contributed by atoms with E-state index >= 15 is 0 Å². The first-order valence-corrected chi connectivity index (χ1v) is 16.1. The van der Waals surface area contributed by atoms with Crippen molar-refractivity contribution < 1.29 is 14.3 Å². The fourth-order valence-corrected chi connectivity index (χ4v) is 5.65.